The van der Waals surface area contributed by atoms with Gasteiger partial charge in [0, 0.05) is 37.0 Å². The van der Waals surface area contributed by atoms with Crippen LogP contribution in [0.2, 0.25) is 0 Å². The molecule has 0 spiro atoms. The Morgan fingerprint density at radius 3 is 3.11 bits per heavy atom. The van der Waals surface area contributed by atoms with Gasteiger partial charge in [-0.1, -0.05) is 0 Å². The first kappa shape index (κ1) is 12.8. The summed E-state index contributed by atoms with van der Waals surface area (Å²) in [6.07, 6.45) is 3.64. The average Bonchev–Trinajstić information content (AvgIpc) is 2.89. The normalized spacial score (nSPS) is 10.5. The van der Waals surface area contributed by atoms with Crippen molar-refractivity contribution in [3.63, 3.8) is 0 Å². The minimum atomic E-state index is -0.0182. The smallest absolute Gasteiger partial charge is 0.250 e. The molecule has 96 valence electrons. The van der Waals surface area contributed by atoms with Gasteiger partial charge in [0.15, 0.2) is 0 Å². The fourth-order valence-electron chi connectivity index (χ4n) is 1.52. The first-order valence-corrected chi connectivity index (χ1v) is 6.48. The van der Waals surface area contributed by atoms with Crippen LogP contribution in [0.4, 0.5) is 5.69 Å². The van der Waals surface area contributed by atoms with Crippen molar-refractivity contribution in [2.75, 3.05) is 19.0 Å². The van der Waals surface area contributed by atoms with Gasteiger partial charge in [0.1, 0.15) is 0 Å². The highest BCUT2D eigenvalue weighted by Crippen LogP contribution is 2.10. The number of nitrogens with one attached hydrogen (secondary N) is 1. The second-order valence-corrected chi connectivity index (χ2v) is 4.73. The average molecular weight is 265 g/mol. The molecule has 2 rings (SSSR count). The molecule has 0 aliphatic rings. The maximum Gasteiger partial charge on any atom is 0.250 e. The Bertz CT molecular complexity index is 537. The number of nitrogens with zero attached hydrogens (tertiary/aromatic N) is 2. The molecule has 0 unspecified atom stereocenters. The minimum absolute atomic E-state index is 0.0182. The molecule has 0 saturated heterocycles. The molecule has 0 atom stereocenters. The summed E-state index contributed by atoms with van der Waals surface area (Å²) in [6.45, 7) is 1.80. The van der Waals surface area contributed by atoms with Crippen molar-refractivity contribution in [2.24, 2.45) is 0 Å². The SMILES string of the molecule is COCCn1cc(NCc2cncs2)ccc1=O. The van der Waals surface area contributed by atoms with Gasteiger partial charge in [-0.05, 0) is 6.07 Å². The lowest BCUT2D eigenvalue weighted by atomic mass is 10.4. The summed E-state index contributed by atoms with van der Waals surface area (Å²) in [7, 11) is 1.62. The van der Waals surface area contributed by atoms with E-state index in [1.165, 1.54) is 0 Å². The molecule has 2 aromatic heterocycles. The molecule has 0 fully saturated rings. The van der Waals surface area contributed by atoms with Crippen LogP contribution in [0.25, 0.3) is 0 Å². The van der Waals surface area contributed by atoms with Crippen LogP contribution in [0.3, 0.4) is 0 Å². The van der Waals surface area contributed by atoms with Crippen molar-refractivity contribution in [3.8, 4) is 0 Å². The molecule has 2 heterocycles. The third-order valence-corrected chi connectivity index (χ3v) is 3.25. The third kappa shape index (κ3) is 3.41. The number of anilines is 1. The molecule has 6 heteroatoms. The Labute approximate surface area is 109 Å². The van der Waals surface area contributed by atoms with Gasteiger partial charge in [-0.25, -0.2) is 0 Å². The number of aromatic nitrogens is 2. The summed E-state index contributed by atoms with van der Waals surface area (Å²) in [5, 5.41) is 3.26. The molecule has 0 bridgehead atoms. The van der Waals surface area contributed by atoms with Gasteiger partial charge >= 0.3 is 0 Å². The van der Waals surface area contributed by atoms with E-state index in [-0.39, 0.29) is 5.56 Å². The van der Waals surface area contributed by atoms with Crippen molar-refractivity contribution in [1.29, 1.82) is 0 Å². The van der Waals surface area contributed by atoms with Crippen LogP contribution in [0.1, 0.15) is 4.88 Å². The predicted molar refractivity (Wildman–Crippen MR) is 72.0 cm³/mol. The third-order valence-electron chi connectivity index (χ3n) is 2.47. The Kier molecular flexibility index (Phi) is 4.49. The Balaban J connectivity index is 2.02. The van der Waals surface area contributed by atoms with Gasteiger partial charge < -0.3 is 14.6 Å². The molecule has 0 aliphatic heterocycles. The molecule has 0 aliphatic carbocycles. The van der Waals surface area contributed by atoms with E-state index < -0.39 is 0 Å². The molecular formula is C12H15N3O2S. The monoisotopic (exact) mass is 265 g/mol. The van der Waals surface area contributed by atoms with Crippen LogP contribution < -0.4 is 10.9 Å². The highest BCUT2D eigenvalue weighted by atomic mass is 32.1. The Hall–Kier alpha value is -1.66. The van der Waals surface area contributed by atoms with E-state index in [1.54, 1.807) is 40.7 Å². The zero-order valence-corrected chi connectivity index (χ0v) is 10.9. The van der Waals surface area contributed by atoms with E-state index in [1.807, 2.05) is 12.4 Å². The highest BCUT2D eigenvalue weighted by Gasteiger charge is 1.99. The number of methoxy groups -OCH3 is 1. The van der Waals surface area contributed by atoms with Crippen LogP contribution in [-0.4, -0.2) is 23.3 Å². The zero-order chi connectivity index (χ0) is 12.8. The number of thiazole rings is 1. The molecule has 0 aromatic carbocycles. The highest BCUT2D eigenvalue weighted by molar-refractivity contribution is 7.09. The topological polar surface area (TPSA) is 56.1 Å². The summed E-state index contributed by atoms with van der Waals surface area (Å²) < 4.78 is 6.61. The van der Waals surface area contributed by atoms with E-state index in [9.17, 15) is 4.79 Å². The van der Waals surface area contributed by atoms with Crippen molar-refractivity contribution >= 4 is 17.0 Å². The maximum atomic E-state index is 11.6. The van der Waals surface area contributed by atoms with E-state index in [0.717, 1.165) is 10.6 Å². The second kappa shape index (κ2) is 6.32. The van der Waals surface area contributed by atoms with Crippen LogP contribution in [-0.2, 0) is 17.8 Å². The molecule has 0 amide bonds. The molecule has 18 heavy (non-hydrogen) atoms. The second-order valence-electron chi connectivity index (χ2n) is 3.76. The summed E-state index contributed by atoms with van der Waals surface area (Å²) >= 11 is 1.60. The summed E-state index contributed by atoms with van der Waals surface area (Å²) in [6, 6.07) is 3.34. The maximum absolute atomic E-state index is 11.6. The van der Waals surface area contributed by atoms with Gasteiger partial charge in [0.05, 0.1) is 24.3 Å². The van der Waals surface area contributed by atoms with Gasteiger partial charge in [-0.15, -0.1) is 11.3 Å². The molecular weight excluding hydrogens is 250 g/mol. The number of hydrogen-bond donors (Lipinski definition) is 1. The molecule has 0 saturated carbocycles. The number of hydrogen-bond acceptors (Lipinski definition) is 5. The fourth-order valence-corrected chi connectivity index (χ4v) is 2.05. The summed E-state index contributed by atoms with van der Waals surface area (Å²) in [4.78, 5) is 16.8. The summed E-state index contributed by atoms with van der Waals surface area (Å²) in [5.74, 6) is 0. The minimum Gasteiger partial charge on any atom is -0.383 e. The molecule has 2 aromatic rings. The van der Waals surface area contributed by atoms with Gasteiger partial charge in [-0.3, -0.25) is 9.78 Å². The van der Waals surface area contributed by atoms with Crippen molar-refractivity contribution < 1.29 is 4.74 Å². The number of ether oxygens (including phenoxy) is 1. The summed E-state index contributed by atoms with van der Waals surface area (Å²) in [5.41, 5.74) is 2.70. The quantitative estimate of drug-likeness (QED) is 0.861. The lowest BCUT2D eigenvalue weighted by Crippen LogP contribution is -2.21. The lowest BCUT2D eigenvalue weighted by molar-refractivity contribution is 0.186. The van der Waals surface area contributed by atoms with Crippen LogP contribution in [0.5, 0.6) is 0 Å². The van der Waals surface area contributed by atoms with Crippen molar-refractivity contribution in [2.45, 2.75) is 13.1 Å². The van der Waals surface area contributed by atoms with Crippen molar-refractivity contribution in [1.82, 2.24) is 9.55 Å². The number of pyridine rings is 1. The van der Waals surface area contributed by atoms with Crippen LogP contribution in [0, 0.1) is 0 Å². The largest absolute Gasteiger partial charge is 0.383 e. The van der Waals surface area contributed by atoms with E-state index in [2.05, 4.69) is 10.3 Å². The van der Waals surface area contributed by atoms with Gasteiger partial charge in [0.25, 0.3) is 5.56 Å². The first-order chi connectivity index (χ1) is 8.79. The first-order valence-electron chi connectivity index (χ1n) is 5.60. The number of rotatable bonds is 6. The zero-order valence-electron chi connectivity index (χ0n) is 10.1. The van der Waals surface area contributed by atoms with E-state index >= 15 is 0 Å². The van der Waals surface area contributed by atoms with Gasteiger partial charge in [0.2, 0.25) is 0 Å². The Morgan fingerprint density at radius 1 is 1.50 bits per heavy atom. The van der Waals surface area contributed by atoms with E-state index in [4.69, 9.17) is 4.74 Å². The van der Waals surface area contributed by atoms with Gasteiger partial charge in [-0.2, -0.15) is 0 Å². The molecule has 1 N–H and O–H groups in total. The van der Waals surface area contributed by atoms with Crippen LogP contribution in [0.15, 0.2) is 34.8 Å². The van der Waals surface area contributed by atoms with Crippen molar-refractivity contribution in [3.05, 3.63) is 45.3 Å². The Morgan fingerprint density at radius 2 is 2.39 bits per heavy atom. The standard InChI is InChI=1S/C12H15N3O2S/c1-17-5-4-15-8-10(2-3-12(15)16)14-7-11-6-13-9-18-11/h2-3,6,8-9,14H,4-5,7H2,1H3. The predicted octanol–water partition coefficient (Wildman–Crippen LogP) is 1.56. The molecule has 5 nitrogen and oxygen atoms in total. The molecule has 0 radical (unpaired) electrons. The van der Waals surface area contributed by atoms with E-state index in [0.29, 0.717) is 19.7 Å². The fraction of sp³-hybridized carbons (Fsp3) is 0.333. The van der Waals surface area contributed by atoms with Crippen LogP contribution >= 0.6 is 11.3 Å². The lowest BCUT2D eigenvalue weighted by Gasteiger charge is -2.09.